The Morgan fingerprint density at radius 2 is 1.92 bits per heavy atom. The Balaban J connectivity index is 2.02. The summed E-state index contributed by atoms with van der Waals surface area (Å²) in [6, 6.07) is 17.3. The van der Waals surface area contributed by atoms with Crippen LogP contribution in [0.4, 0.5) is 11.4 Å². The van der Waals surface area contributed by atoms with Gasteiger partial charge < -0.3 is 14.8 Å². The molecular formula is C19H18N2O3. The highest BCUT2D eigenvalue weighted by molar-refractivity contribution is 5.93. The van der Waals surface area contributed by atoms with Crippen molar-refractivity contribution >= 4 is 28.2 Å². The van der Waals surface area contributed by atoms with Gasteiger partial charge in [0, 0.05) is 22.8 Å². The van der Waals surface area contributed by atoms with Crippen LogP contribution in [0.3, 0.4) is 0 Å². The lowest BCUT2D eigenvalue weighted by atomic mass is 10.1. The number of nitrogens with zero attached hydrogens (tertiary/aromatic N) is 1. The van der Waals surface area contributed by atoms with Crippen molar-refractivity contribution in [3.05, 3.63) is 60.3 Å². The molecule has 1 heterocycles. The van der Waals surface area contributed by atoms with E-state index in [0.717, 1.165) is 28.0 Å². The minimum absolute atomic E-state index is 0.133. The maximum Gasteiger partial charge on any atom is 0.311 e. The third-order valence-corrected chi connectivity index (χ3v) is 3.67. The molecule has 0 aliphatic heterocycles. The molecule has 0 amide bonds. The van der Waals surface area contributed by atoms with Crippen molar-refractivity contribution in [2.75, 3.05) is 19.5 Å². The van der Waals surface area contributed by atoms with E-state index in [9.17, 15) is 4.79 Å². The molecule has 3 aromatic rings. The van der Waals surface area contributed by atoms with Gasteiger partial charge in [0.05, 0.1) is 31.9 Å². The SMILES string of the molecule is COC(=O)Cc1cc(Nc2cccc(OC)c2)c2ccccc2n1. The normalized spacial score (nSPS) is 10.4. The number of nitrogens with one attached hydrogen (secondary N) is 1. The molecule has 0 radical (unpaired) electrons. The molecule has 1 aromatic heterocycles. The molecule has 0 saturated heterocycles. The smallest absolute Gasteiger partial charge is 0.311 e. The lowest BCUT2D eigenvalue weighted by Crippen LogP contribution is -2.07. The second kappa shape index (κ2) is 7.00. The van der Waals surface area contributed by atoms with Crippen molar-refractivity contribution in [1.82, 2.24) is 4.98 Å². The summed E-state index contributed by atoms with van der Waals surface area (Å²) >= 11 is 0. The van der Waals surface area contributed by atoms with Crippen LogP contribution in [0.1, 0.15) is 5.69 Å². The van der Waals surface area contributed by atoms with Crippen molar-refractivity contribution in [2.24, 2.45) is 0 Å². The van der Waals surface area contributed by atoms with Crippen LogP contribution in [0.5, 0.6) is 5.75 Å². The molecule has 2 aromatic carbocycles. The summed E-state index contributed by atoms with van der Waals surface area (Å²) in [7, 11) is 3.01. The fourth-order valence-corrected chi connectivity index (χ4v) is 2.50. The summed E-state index contributed by atoms with van der Waals surface area (Å²) in [4.78, 5) is 16.1. The number of aromatic nitrogens is 1. The second-order valence-corrected chi connectivity index (χ2v) is 5.29. The molecule has 0 saturated carbocycles. The molecule has 0 unspecified atom stereocenters. The Labute approximate surface area is 140 Å². The fourth-order valence-electron chi connectivity index (χ4n) is 2.50. The van der Waals surface area contributed by atoms with Crippen LogP contribution in [-0.4, -0.2) is 25.2 Å². The zero-order valence-electron chi connectivity index (χ0n) is 13.6. The van der Waals surface area contributed by atoms with E-state index in [0.29, 0.717) is 5.69 Å². The van der Waals surface area contributed by atoms with Gasteiger partial charge in [-0.25, -0.2) is 0 Å². The number of carbonyl (C=O) groups excluding carboxylic acids is 1. The van der Waals surface area contributed by atoms with Crippen LogP contribution in [-0.2, 0) is 16.0 Å². The molecule has 122 valence electrons. The fraction of sp³-hybridized carbons (Fsp3) is 0.158. The lowest BCUT2D eigenvalue weighted by Gasteiger charge is -2.12. The van der Waals surface area contributed by atoms with Crippen molar-refractivity contribution in [3.8, 4) is 5.75 Å². The van der Waals surface area contributed by atoms with E-state index in [2.05, 4.69) is 10.3 Å². The van der Waals surface area contributed by atoms with Crippen molar-refractivity contribution in [3.63, 3.8) is 0 Å². The first-order chi connectivity index (χ1) is 11.7. The van der Waals surface area contributed by atoms with E-state index in [1.165, 1.54) is 7.11 Å². The van der Waals surface area contributed by atoms with Crippen molar-refractivity contribution in [2.45, 2.75) is 6.42 Å². The third-order valence-electron chi connectivity index (χ3n) is 3.67. The quantitative estimate of drug-likeness (QED) is 0.726. The molecule has 5 nitrogen and oxygen atoms in total. The third kappa shape index (κ3) is 3.46. The molecule has 0 atom stereocenters. The van der Waals surface area contributed by atoms with E-state index in [-0.39, 0.29) is 12.4 Å². The highest BCUT2D eigenvalue weighted by Gasteiger charge is 2.10. The molecule has 5 heteroatoms. The van der Waals surface area contributed by atoms with Gasteiger partial charge in [-0.1, -0.05) is 24.3 Å². The van der Waals surface area contributed by atoms with Gasteiger partial charge in [0.25, 0.3) is 0 Å². The van der Waals surface area contributed by atoms with E-state index < -0.39 is 0 Å². The highest BCUT2D eigenvalue weighted by Crippen LogP contribution is 2.28. The minimum atomic E-state index is -0.315. The maximum atomic E-state index is 11.6. The Hall–Kier alpha value is -3.08. The number of carbonyl (C=O) groups is 1. The number of esters is 1. The van der Waals surface area contributed by atoms with Crippen LogP contribution in [0, 0.1) is 0 Å². The minimum Gasteiger partial charge on any atom is -0.497 e. The Morgan fingerprint density at radius 3 is 2.71 bits per heavy atom. The summed E-state index contributed by atoms with van der Waals surface area (Å²) in [5.74, 6) is 0.457. The largest absolute Gasteiger partial charge is 0.497 e. The average molecular weight is 322 g/mol. The first-order valence-electron chi connectivity index (χ1n) is 7.56. The first kappa shape index (κ1) is 15.8. The topological polar surface area (TPSA) is 60.5 Å². The summed E-state index contributed by atoms with van der Waals surface area (Å²) in [5, 5.41) is 4.36. The molecule has 1 N–H and O–H groups in total. The highest BCUT2D eigenvalue weighted by atomic mass is 16.5. The van der Waals surface area contributed by atoms with Crippen molar-refractivity contribution < 1.29 is 14.3 Å². The number of benzene rings is 2. The number of methoxy groups -OCH3 is 2. The summed E-state index contributed by atoms with van der Waals surface area (Å²) in [6.07, 6.45) is 0.133. The van der Waals surface area contributed by atoms with E-state index in [4.69, 9.17) is 9.47 Å². The average Bonchev–Trinajstić information content (AvgIpc) is 2.61. The molecule has 0 fully saturated rings. The van der Waals surface area contributed by atoms with Crippen molar-refractivity contribution in [1.29, 1.82) is 0 Å². The molecule has 0 aliphatic carbocycles. The molecular weight excluding hydrogens is 304 g/mol. The summed E-state index contributed by atoms with van der Waals surface area (Å²) in [5.41, 5.74) is 3.26. The van der Waals surface area contributed by atoms with Gasteiger partial charge in [-0.3, -0.25) is 9.78 Å². The monoisotopic (exact) mass is 322 g/mol. The number of rotatable bonds is 5. The second-order valence-electron chi connectivity index (χ2n) is 5.29. The molecule has 24 heavy (non-hydrogen) atoms. The van der Waals surface area contributed by atoms with Gasteiger partial charge in [-0.2, -0.15) is 0 Å². The van der Waals surface area contributed by atoms with Crippen LogP contribution in [0.2, 0.25) is 0 Å². The summed E-state index contributed by atoms with van der Waals surface area (Å²) in [6.45, 7) is 0. The van der Waals surface area contributed by atoms with Gasteiger partial charge >= 0.3 is 5.97 Å². The van der Waals surface area contributed by atoms with E-state index >= 15 is 0 Å². The van der Waals surface area contributed by atoms with E-state index in [1.54, 1.807) is 7.11 Å². The lowest BCUT2D eigenvalue weighted by molar-refractivity contribution is -0.139. The molecule has 0 spiro atoms. The van der Waals surface area contributed by atoms with Gasteiger partial charge in [0.2, 0.25) is 0 Å². The summed E-state index contributed by atoms with van der Waals surface area (Å²) < 4.78 is 10.00. The van der Waals surface area contributed by atoms with E-state index in [1.807, 2.05) is 54.6 Å². The standard InChI is InChI=1S/C19H18N2O3/c1-23-15-7-5-6-13(10-15)20-18-11-14(12-19(22)24-2)21-17-9-4-3-8-16(17)18/h3-11H,12H2,1-2H3,(H,20,21). The van der Waals surface area contributed by atoms with Gasteiger partial charge in [-0.15, -0.1) is 0 Å². The number of anilines is 2. The maximum absolute atomic E-state index is 11.6. The predicted molar refractivity (Wildman–Crippen MR) is 93.7 cm³/mol. The first-order valence-corrected chi connectivity index (χ1v) is 7.56. The number of hydrogen-bond donors (Lipinski definition) is 1. The number of para-hydroxylation sites is 1. The Bertz CT molecular complexity index is 877. The Morgan fingerprint density at radius 1 is 1.08 bits per heavy atom. The van der Waals surface area contributed by atoms with Crippen LogP contribution >= 0.6 is 0 Å². The molecule has 3 rings (SSSR count). The van der Waals surface area contributed by atoms with Crippen LogP contribution in [0.25, 0.3) is 10.9 Å². The van der Waals surface area contributed by atoms with Gasteiger partial charge in [0.1, 0.15) is 5.75 Å². The number of hydrogen-bond acceptors (Lipinski definition) is 5. The predicted octanol–water partition coefficient (Wildman–Crippen LogP) is 3.70. The zero-order chi connectivity index (χ0) is 16.9. The Kier molecular flexibility index (Phi) is 4.61. The van der Waals surface area contributed by atoms with Crippen LogP contribution < -0.4 is 10.1 Å². The zero-order valence-corrected chi connectivity index (χ0v) is 13.6. The number of pyridine rings is 1. The number of ether oxygens (including phenoxy) is 2. The molecule has 0 aliphatic rings. The van der Waals surface area contributed by atoms with Crippen LogP contribution in [0.15, 0.2) is 54.6 Å². The van der Waals surface area contributed by atoms with Gasteiger partial charge in [-0.05, 0) is 24.3 Å². The number of fused-ring (bicyclic) bond motifs is 1. The van der Waals surface area contributed by atoms with Gasteiger partial charge in [0.15, 0.2) is 0 Å². The molecule has 0 bridgehead atoms.